The third-order valence-corrected chi connectivity index (χ3v) is 2.25. The number of nitrogens with one attached hydrogen (secondary N) is 2. The molecule has 0 spiro atoms. The molecule has 0 radical (unpaired) electrons. The van der Waals surface area contributed by atoms with Crippen molar-refractivity contribution in [2.75, 3.05) is 18.4 Å². The van der Waals surface area contributed by atoms with Crippen LogP contribution in [0.15, 0.2) is 12.4 Å². The summed E-state index contributed by atoms with van der Waals surface area (Å²) in [5, 5.41) is 6.43. The zero-order valence-corrected chi connectivity index (χ0v) is 9.06. The highest BCUT2D eigenvalue weighted by Gasteiger charge is 2.13. The third-order valence-electron chi connectivity index (χ3n) is 2.25. The number of halogens is 2. The Morgan fingerprint density at radius 2 is 2.13 bits per heavy atom. The first-order valence-electron chi connectivity index (χ1n) is 4.79. The van der Waals surface area contributed by atoms with Gasteiger partial charge in [-0.1, -0.05) is 0 Å². The van der Waals surface area contributed by atoms with Gasteiger partial charge >= 0.3 is 0 Å². The number of rotatable bonds is 2. The first kappa shape index (κ1) is 12.1. The Morgan fingerprint density at radius 1 is 1.40 bits per heavy atom. The molecule has 1 saturated heterocycles. The fourth-order valence-corrected chi connectivity index (χ4v) is 1.54. The Labute approximate surface area is 94.1 Å². The minimum absolute atomic E-state index is 0. The van der Waals surface area contributed by atoms with Gasteiger partial charge in [0.05, 0.1) is 12.4 Å². The lowest BCUT2D eigenvalue weighted by molar-refractivity contribution is 0.477. The van der Waals surface area contributed by atoms with Crippen molar-refractivity contribution in [3.8, 4) is 0 Å². The first-order chi connectivity index (χ1) is 6.84. The van der Waals surface area contributed by atoms with Gasteiger partial charge in [0.25, 0.3) is 0 Å². The van der Waals surface area contributed by atoms with Crippen LogP contribution in [0.4, 0.5) is 10.3 Å². The molecule has 2 N–H and O–H groups in total. The average Bonchev–Trinajstić information content (AvgIpc) is 2.23. The van der Waals surface area contributed by atoms with Crippen LogP contribution >= 0.6 is 12.4 Å². The van der Waals surface area contributed by atoms with Crippen LogP contribution in [0.3, 0.4) is 0 Å². The lowest BCUT2D eigenvalue weighted by Crippen LogP contribution is -2.38. The zero-order valence-electron chi connectivity index (χ0n) is 8.24. The minimum atomic E-state index is -0.405. The summed E-state index contributed by atoms with van der Waals surface area (Å²) in [5.41, 5.74) is 0. The van der Waals surface area contributed by atoms with Crippen molar-refractivity contribution in [3.63, 3.8) is 0 Å². The van der Waals surface area contributed by atoms with Gasteiger partial charge in [-0.25, -0.2) is 14.4 Å². The van der Waals surface area contributed by atoms with Gasteiger partial charge in [0.1, 0.15) is 0 Å². The molecule has 1 aliphatic heterocycles. The molecule has 1 aromatic rings. The van der Waals surface area contributed by atoms with Crippen LogP contribution in [0.5, 0.6) is 0 Å². The smallest absolute Gasteiger partial charge is 0.223 e. The fourth-order valence-electron chi connectivity index (χ4n) is 1.54. The first-order valence-corrected chi connectivity index (χ1v) is 4.79. The summed E-state index contributed by atoms with van der Waals surface area (Å²) in [5.74, 6) is 0.0948. The van der Waals surface area contributed by atoms with E-state index >= 15 is 0 Å². The quantitative estimate of drug-likeness (QED) is 0.805. The maximum Gasteiger partial charge on any atom is 0.223 e. The van der Waals surface area contributed by atoms with Crippen LogP contribution in [0.1, 0.15) is 12.8 Å². The number of anilines is 1. The summed E-state index contributed by atoms with van der Waals surface area (Å²) in [6.07, 6.45) is 4.60. The van der Waals surface area contributed by atoms with Crippen molar-refractivity contribution in [3.05, 3.63) is 18.2 Å². The van der Waals surface area contributed by atoms with Gasteiger partial charge in [0, 0.05) is 12.6 Å². The van der Waals surface area contributed by atoms with Crippen LogP contribution < -0.4 is 10.6 Å². The van der Waals surface area contributed by atoms with E-state index in [0.717, 1.165) is 25.9 Å². The lowest BCUT2D eigenvalue weighted by Gasteiger charge is -2.23. The Hall–Kier alpha value is -0.940. The highest BCUT2D eigenvalue weighted by atomic mass is 35.5. The van der Waals surface area contributed by atoms with Crippen LogP contribution in [0.25, 0.3) is 0 Å². The van der Waals surface area contributed by atoms with E-state index in [9.17, 15) is 4.39 Å². The van der Waals surface area contributed by atoms with Gasteiger partial charge in [-0.2, -0.15) is 0 Å². The van der Waals surface area contributed by atoms with Crippen molar-refractivity contribution in [2.45, 2.75) is 18.9 Å². The van der Waals surface area contributed by atoms with Gasteiger partial charge in [-0.15, -0.1) is 12.4 Å². The summed E-state index contributed by atoms with van der Waals surface area (Å²) in [6.45, 7) is 1.99. The second-order valence-corrected chi connectivity index (χ2v) is 3.41. The van der Waals surface area contributed by atoms with Crippen molar-refractivity contribution < 1.29 is 4.39 Å². The average molecular weight is 233 g/mol. The predicted molar refractivity (Wildman–Crippen MR) is 58.8 cm³/mol. The molecule has 1 aromatic heterocycles. The topological polar surface area (TPSA) is 49.8 Å². The molecule has 6 heteroatoms. The number of hydrogen-bond donors (Lipinski definition) is 2. The summed E-state index contributed by atoms with van der Waals surface area (Å²) in [6, 6.07) is 0.356. The third kappa shape index (κ3) is 3.60. The number of piperidine rings is 1. The molecule has 0 aliphatic carbocycles. The highest BCUT2D eigenvalue weighted by Crippen LogP contribution is 2.07. The summed E-state index contributed by atoms with van der Waals surface area (Å²) in [7, 11) is 0. The molecule has 0 aromatic carbocycles. The Kier molecular flexibility index (Phi) is 4.71. The molecule has 84 valence electrons. The van der Waals surface area contributed by atoms with Crippen molar-refractivity contribution in [1.82, 2.24) is 15.3 Å². The van der Waals surface area contributed by atoms with E-state index in [0.29, 0.717) is 12.0 Å². The van der Waals surface area contributed by atoms with E-state index in [1.54, 1.807) is 0 Å². The fraction of sp³-hybridized carbons (Fsp3) is 0.556. The van der Waals surface area contributed by atoms with Crippen LogP contribution in [0, 0.1) is 5.82 Å². The molecule has 1 fully saturated rings. The molecular formula is C9H14ClFN4. The van der Waals surface area contributed by atoms with Crippen LogP contribution in [-0.4, -0.2) is 29.1 Å². The van der Waals surface area contributed by atoms with Gasteiger partial charge in [0.15, 0.2) is 5.82 Å². The standard InChI is InChI=1S/C9H13FN4.ClH/c10-7-4-12-9(13-5-7)14-8-2-1-3-11-6-8;/h4-5,8,11H,1-3,6H2,(H,12,13,14);1H/t8-;/m0./s1. The van der Waals surface area contributed by atoms with E-state index in [1.165, 1.54) is 12.4 Å². The van der Waals surface area contributed by atoms with Crippen molar-refractivity contribution in [2.24, 2.45) is 0 Å². The molecule has 2 rings (SSSR count). The molecule has 1 aliphatic rings. The van der Waals surface area contributed by atoms with Crippen molar-refractivity contribution in [1.29, 1.82) is 0 Å². The molecule has 15 heavy (non-hydrogen) atoms. The van der Waals surface area contributed by atoms with E-state index in [-0.39, 0.29) is 12.4 Å². The molecular weight excluding hydrogens is 219 g/mol. The van der Waals surface area contributed by atoms with Gasteiger partial charge in [-0.05, 0) is 19.4 Å². The number of nitrogens with zero attached hydrogens (tertiary/aromatic N) is 2. The Morgan fingerprint density at radius 3 is 2.73 bits per heavy atom. The molecule has 0 bridgehead atoms. The van der Waals surface area contributed by atoms with E-state index in [2.05, 4.69) is 20.6 Å². The number of hydrogen-bond acceptors (Lipinski definition) is 4. The second-order valence-electron chi connectivity index (χ2n) is 3.41. The summed E-state index contributed by atoms with van der Waals surface area (Å²) < 4.78 is 12.5. The molecule has 1 atom stereocenters. The summed E-state index contributed by atoms with van der Waals surface area (Å²) >= 11 is 0. The van der Waals surface area contributed by atoms with E-state index in [4.69, 9.17) is 0 Å². The van der Waals surface area contributed by atoms with Crippen LogP contribution in [-0.2, 0) is 0 Å². The van der Waals surface area contributed by atoms with Crippen LogP contribution in [0.2, 0.25) is 0 Å². The van der Waals surface area contributed by atoms with Gasteiger partial charge in [-0.3, -0.25) is 0 Å². The molecule has 2 heterocycles. The molecule has 0 saturated carbocycles. The largest absolute Gasteiger partial charge is 0.350 e. The number of aromatic nitrogens is 2. The summed E-state index contributed by atoms with van der Waals surface area (Å²) in [4.78, 5) is 7.69. The Bertz CT molecular complexity index is 287. The zero-order chi connectivity index (χ0) is 9.80. The maximum absolute atomic E-state index is 12.5. The van der Waals surface area contributed by atoms with Crippen molar-refractivity contribution >= 4 is 18.4 Å². The molecule has 4 nitrogen and oxygen atoms in total. The van der Waals surface area contributed by atoms with Gasteiger partial charge < -0.3 is 10.6 Å². The molecule has 0 amide bonds. The monoisotopic (exact) mass is 232 g/mol. The minimum Gasteiger partial charge on any atom is -0.350 e. The lowest BCUT2D eigenvalue weighted by atomic mass is 10.1. The SMILES string of the molecule is Cl.Fc1cnc(N[C@H]2CCCNC2)nc1. The van der Waals surface area contributed by atoms with E-state index in [1.807, 2.05) is 0 Å². The highest BCUT2D eigenvalue weighted by molar-refractivity contribution is 5.85. The maximum atomic E-state index is 12.5. The molecule has 0 unspecified atom stereocenters. The normalized spacial score (nSPS) is 20.5. The predicted octanol–water partition coefficient (Wildman–Crippen LogP) is 1.20. The Balaban J connectivity index is 0.00000112. The van der Waals surface area contributed by atoms with Gasteiger partial charge in [0.2, 0.25) is 5.95 Å². The van der Waals surface area contributed by atoms with E-state index < -0.39 is 5.82 Å². The second kappa shape index (κ2) is 5.82.